The average molecular weight is 633 g/mol. The minimum Gasteiger partial charge on any atom is -0.466 e. The number of nitrogens with zero attached hydrogens (tertiary/aromatic N) is 3. The van der Waals surface area contributed by atoms with Gasteiger partial charge < -0.3 is 25.0 Å². The monoisotopic (exact) mass is 631 g/mol. The Balaban J connectivity index is 0.00000423. The molecule has 3 aromatic rings. The smallest absolute Gasteiger partial charge is 0.309 e. The molecule has 2 saturated heterocycles. The third-order valence-electron chi connectivity index (χ3n) is 7.64. The molecular weight excluding hydrogens is 596 g/mol. The molecule has 0 spiro atoms. The maximum Gasteiger partial charge on any atom is 0.309 e. The van der Waals surface area contributed by atoms with Crippen LogP contribution in [0.15, 0.2) is 48.7 Å². The van der Waals surface area contributed by atoms with Crippen LogP contribution >= 0.6 is 24.0 Å². The standard InChI is InChI=1S/C31H35ClFN5O4.ClH/c1-2-41-30(40)20-14-16-38(17-15-20)22-10-8-21(9-11-22)35-31-34-19-24(27(36-31)13-12-23-5-4-18-42-23)29(39)37-28-25(32)6-3-7-26(28)33;/h3,6-11,19-20,23H,2,4-5,12-18H2,1H3,(H,37,39)(H,34,35,36);1H. The number of amides is 1. The highest BCUT2D eigenvalue weighted by atomic mass is 35.5. The normalized spacial score (nSPS) is 16.8. The van der Waals surface area contributed by atoms with E-state index in [0.717, 1.165) is 56.8 Å². The van der Waals surface area contributed by atoms with Crippen molar-refractivity contribution in [2.75, 3.05) is 41.8 Å². The predicted octanol–water partition coefficient (Wildman–Crippen LogP) is 6.58. The van der Waals surface area contributed by atoms with Crippen LogP contribution in [0.1, 0.15) is 55.1 Å². The summed E-state index contributed by atoms with van der Waals surface area (Å²) in [6, 6.07) is 12.2. The fraction of sp³-hybridized carbons (Fsp3) is 0.419. The van der Waals surface area contributed by atoms with Gasteiger partial charge in [0.25, 0.3) is 5.91 Å². The minimum absolute atomic E-state index is 0. The summed E-state index contributed by atoms with van der Waals surface area (Å²) in [6.45, 7) is 4.55. The van der Waals surface area contributed by atoms with Crippen LogP contribution in [0.4, 0.5) is 27.4 Å². The van der Waals surface area contributed by atoms with Crippen molar-refractivity contribution in [3.63, 3.8) is 0 Å². The Kier molecular flexibility index (Phi) is 11.6. The summed E-state index contributed by atoms with van der Waals surface area (Å²) < 4.78 is 25.3. The zero-order valence-corrected chi connectivity index (χ0v) is 25.6. The van der Waals surface area contributed by atoms with E-state index in [2.05, 4.69) is 25.5 Å². The van der Waals surface area contributed by atoms with E-state index < -0.39 is 11.7 Å². The number of para-hydroxylation sites is 1. The Morgan fingerprint density at radius 2 is 1.91 bits per heavy atom. The number of hydrogen-bond acceptors (Lipinski definition) is 8. The lowest BCUT2D eigenvalue weighted by atomic mass is 9.96. The zero-order chi connectivity index (χ0) is 29.5. The molecular formula is C31H36Cl2FN5O4. The largest absolute Gasteiger partial charge is 0.466 e. The highest BCUT2D eigenvalue weighted by Crippen LogP contribution is 2.28. The first kappa shape index (κ1) is 32.4. The third kappa shape index (κ3) is 8.34. The third-order valence-corrected chi connectivity index (χ3v) is 7.96. The number of rotatable bonds is 10. The molecule has 3 heterocycles. The van der Waals surface area contributed by atoms with Gasteiger partial charge in [-0.2, -0.15) is 0 Å². The van der Waals surface area contributed by atoms with E-state index in [9.17, 15) is 14.0 Å². The second kappa shape index (κ2) is 15.3. The second-order valence-electron chi connectivity index (χ2n) is 10.5. The zero-order valence-electron chi connectivity index (χ0n) is 24.0. The Labute approximate surface area is 261 Å². The lowest BCUT2D eigenvalue weighted by molar-refractivity contribution is -0.148. The van der Waals surface area contributed by atoms with Crippen LogP contribution in [-0.2, 0) is 20.7 Å². The fourth-order valence-corrected chi connectivity index (χ4v) is 5.55. The van der Waals surface area contributed by atoms with Gasteiger partial charge in [-0.05, 0) is 81.8 Å². The summed E-state index contributed by atoms with van der Waals surface area (Å²) in [4.78, 5) is 36.5. The van der Waals surface area contributed by atoms with Gasteiger partial charge in [0.1, 0.15) is 5.82 Å². The lowest BCUT2D eigenvalue weighted by Gasteiger charge is -2.32. The van der Waals surface area contributed by atoms with Crippen LogP contribution < -0.4 is 15.5 Å². The van der Waals surface area contributed by atoms with E-state index in [1.54, 1.807) is 0 Å². The van der Waals surface area contributed by atoms with Crippen molar-refractivity contribution in [1.29, 1.82) is 0 Å². The molecule has 2 fully saturated rings. The Morgan fingerprint density at radius 1 is 1.14 bits per heavy atom. The Hall–Kier alpha value is -3.47. The summed E-state index contributed by atoms with van der Waals surface area (Å²) in [5.74, 6) is -0.954. The van der Waals surface area contributed by atoms with Gasteiger partial charge in [-0.1, -0.05) is 17.7 Å². The number of hydrogen-bond donors (Lipinski definition) is 2. The second-order valence-corrected chi connectivity index (χ2v) is 10.9. The number of piperidine rings is 1. The molecule has 0 bridgehead atoms. The molecule has 1 amide bonds. The van der Waals surface area contributed by atoms with Gasteiger partial charge in [0.05, 0.1) is 40.6 Å². The maximum atomic E-state index is 14.3. The summed E-state index contributed by atoms with van der Waals surface area (Å²) >= 11 is 6.12. The molecule has 1 atom stereocenters. The van der Waals surface area contributed by atoms with Crippen molar-refractivity contribution >= 4 is 58.9 Å². The van der Waals surface area contributed by atoms with Crippen molar-refractivity contribution < 1.29 is 23.5 Å². The quantitative estimate of drug-likeness (QED) is 0.242. The number of esters is 1. The first-order valence-electron chi connectivity index (χ1n) is 14.4. The summed E-state index contributed by atoms with van der Waals surface area (Å²) in [7, 11) is 0. The molecule has 12 heteroatoms. The molecule has 2 N–H and O–H groups in total. The molecule has 9 nitrogen and oxygen atoms in total. The number of carbonyl (C=O) groups is 2. The van der Waals surface area contributed by atoms with E-state index in [0.29, 0.717) is 31.1 Å². The molecule has 2 aliphatic heterocycles. The van der Waals surface area contributed by atoms with E-state index in [1.807, 2.05) is 31.2 Å². The van der Waals surface area contributed by atoms with Crippen LogP contribution in [0.3, 0.4) is 0 Å². The number of ether oxygens (including phenoxy) is 2. The highest BCUT2D eigenvalue weighted by Gasteiger charge is 2.26. The molecule has 1 aromatic heterocycles. The average Bonchev–Trinajstić information content (AvgIpc) is 3.53. The molecule has 0 radical (unpaired) electrons. The topological polar surface area (TPSA) is 106 Å². The molecule has 5 rings (SSSR count). The first-order valence-corrected chi connectivity index (χ1v) is 14.8. The van der Waals surface area contributed by atoms with Crippen molar-refractivity contribution in [2.45, 2.75) is 51.6 Å². The van der Waals surface area contributed by atoms with Crippen LogP contribution in [0.25, 0.3) is 0 Å². The van der Waals surface area contributed by atoms with Gasteiger partial charge in [0, 0.05) is 37.3 Å². The lowest BCUT2D eigenvalue weighted by Crippen LogP contribution is -2.36. The van der Waals surface area contributed by atoms with Gasteiger partial charge in [0.2, 0.25) is 5.95 Å². The van der Waals surface area contributed by atoms with Crippen molar-refractivity contribution in [1.82, 2.24) is 9.97 Å². The van der Waals surface area contributed by atoms with Crippen LogP contribution in [0.5, 0.6) is 0 Å². The number of halogens is 3. The fourth-order valence-electron chi connectivity index (χ4n) is 5.34. The first-order chi connectivity index (χ1) is 20.4. The highest BCUT2D eigenvalue weighted by molar-refractivity contribution is 6.34. The van der Waals surface area contributed by atoms with Crippen LogP contribution in [0.2, 0.25) is 5.02 Å². The van der Waals surface area contributed by atoms with Crippen LogP contribution in [-0.4, -0.2) is 54.3 Å². The van der Waals surface area contributed by atoms with Crippen molar-refractivity contribution in [2.24, 2.45) is 5.92 Å². The number of anilines is 4. The maximum absolute atomic E-state index is 14.3. The molecule has 1 unspecified atom stereocenters. The number of carbonyl (C=O) groups excluding carboxylic acids is 2. The van der Waals surface area contributed by atoms with E-state index in [4.69, 9.17) is 21.1 Å². The molecule has 0 saturated carbocycles. The number of benzene rings is 2. The van der Waals surface area contributed by atoms with Gasteiger partial charge in [0.15, 0.2) is 0 Å². The van der Waals surface area contributed by atoms with Gasteiger partial charge in [-0.25, -0.2) is 14.4 Å². The number of nitrogens with one attached hydrogen (secondary N) is 2. The van der Waals surface area contributed by atoms with Gasteiger partial charge in [-0.15, -0.1) is 12.4 Å². The molecule has 43 heavy (non-hydrogen) atoms. The summed E-state index contributed by atoms with van der Waals surface area (Å²) in [6.07, 6.45) is 6.29. The Bertz CT molecular complexity index is 1380. The molecule has 2 aliphatic rings. The molecule has 2 aromatic carbocycles. The van der Waals surface area contributed by atoms with Gasteiger partial charge in [-0.3, -0.25) is 9.59 Å². The SMILES string of the molecule is CCOC(=O)C1CCN(c2ccc(Nc3ncc(C(=O)Nc4c(F)cccc4Cl)c(CCC4CCCO4)n3)cc2)CC1.Cl. The van der Waals surface area contributed by atoms with E-state index in [1.165, 1.54) is 24.4 Å². The molecule has 0 aliphatic carbocycles. The van der Waals surface area contributed by atoms with Gasteiger partial charge >= 0.3 is 5.97 Å². The minimum atomic E-state index is -0.622. The number of aromatic nitrogens is 2. The number of aryl methyl sites for hydroxylation is 1. The van der Waals surface area contributed by atoms with Crippen LogP contribution in [0, 0.1) is 11.7 Å². The van der Waals surface area contributed by atoms with Crippen molar-refractivity contribution in [3.05, 3.63) is 70.8 Å². The Morgan fingerprint density at radius 3 is 2.58 bits per heavy atom. The molecule has 230 valence electrons. The van der Waals surface area contributed by atoms with E-state index >= 15 is 0 Å². The predicted molar refractivity (Wildman–Crippen MR) is 167 cm³/mol. The summed E-state index contributed by atoms with van der Waals surface area (Å²) in [5.41, 5.74) is 2.57. The summed E-state index contributed by atoms with van der Waals surface area (Å²) in [5, 5.41) is 5.91. The van der Waals surface area contributed by atoms with Crippen molar-refractivity contribution in [3.8, 4) is 0 Å². The van der Waals surface area contributed by atoms with E-state index in [-0.39, 0.29) is 46.7 Å².